The molecule has 0 spiro atoms. The smallest absolute Gasteiger partial charge is 0.324 e. The van der Waals surface area contributed by atoms with E-state index in [1.807, 2.05) is 6.92 Å². The zero-order chi connectivity index (χ0) is 50.4. The molecule has 394 valence electrons. The molecule has 6 bridgehead atoms. The zero-order valence-corrected chi connectivity index (χ0v) is 44.4. The second kappa shape index (κ2) is 21.7. The van der Waals surface area contributed by atoms with Crippen molar-refractivity contribution < 1.29 is 38.1 Å². The van der Waals surface area contributed by atoms with Crippen molar-refractivity contribution in [2.75, 3.05) is 66.3 Å². The van der Waals surface area contributed by atoms with Gasteiger partial charge in [0.15, 0.2) is 0 Å². The number of hydrazine groups is 1. The van der Waals surface area contributed by atoms with Gasteiger partial charge in [-0.05, 0) is 146 Å². The first-order valence-electron chi connectivity index (χ1n) is 27.4. The van der Waals surface area contributed by atoms with Crippen LogP contribution in [0.5, 0.6) is 0 Å². The van der Waals surface area contributed by atoms with E-state index in [-0.39, 0.29) is 36.7 Å². The number of rotatable bonds is 12. The number of hydrogen-bond donors (Lipinski definition) is 2. The van der Waals surface area contributed by atoms with Crippen molar-refractivity contribution >= 4 is 40.0 Å². The number of aromatic nitrogens is 3. The average molecular weight is 1020 g/mol. The minimum absolute atomic E-state index is 0.0259. The van der Waals surface area contributed by atoms with Gasteiger partial charge in [-0.1, -0.05) is 19.9 Å². The average Bonchev–Trinajstić information content (AvgIpc) is 3.74. The molecule has 1 aliphatic carbocycles. The molecule has 0 radical (unpaired) electrons. The number of nitrogens with zero attached hydrogens (tertiary/aromatic N) is 6. The van der Waals surface area contributed by atoms with Gasteiger partial charge in [0.1, 0.15) is 23.2 Å². The highest BCUT2D eigenvalue weighted by Gasteiger charge is 2.45. The van der Waals surface area contributed by atoms with Gasteiger partial charge in [0, 0.05) is 84.9 Å². The number of carbonyl (C=O) groups is 3. The number of carbonyl (C=O) groups excluding carboxylic acids is 3. The van der Waals surface area contributed by atoms with Crippen LogP contribution >= 0.6 is 11.3 Å². The summed E-state index contributed by atoms with van der Waals surface area (Å²) < 4.78 is 33.1. The van der Waals surface area contributed by atoms with E-state index in [0.717, 1.165) is 120 Å². The number of nitrogens with one attached hydrogen (secondary N) is 2. The molecule has 4 aromatic rings. The third-order valence-electron chi connectivity index (χ3n) is 16.7. The van der Waals surface area contributed by atoms with Crippen LogP contribution in [0.1, 0.15) is 138 Å². The number of pyridine rings is 1. The van der Waals surface area contributed by atoms with Gasteiger partial charge in [0.2, 0.25) is 5.91 Å². The fraction of sp³-hybridized carbons (Fsp3) is 0.661. The highest BCUT2D eigenvalue weighted by atomic mass is 32.1. The molecule has 1 unspecified atom stereocenters. The van der Waals surface area contributed by atoms with Crippen molar-refractivity contribution in [2.45, 2.75) is 166 Å². The SMILES string of the molecule is CO[C@@H](C)c1ncc(C2CCN(C3CC3)CC2)cc1-c1c2c3cc(ccc3n1CCOC1CCOCC1)-c1csc(n1)[C@@H](N1CCCC1)[C@H](NC(=O)C1C[C@@H](C)O1)C(=O)N1CCC[C@H](N1)C(=O)OCC(C)(C)C2. The van der Waals surface area contributed by atoms with E-state index >= 15 is 4.79 Å². The van der Waals surface area contributed by atoms with E-state index < -0.39 is 35.6 Å². The zero-order valence-electron chi connectivity index (χ0n) is 43.6. The maximum Gasteiger partial charge on any atom is 0.324 e. The van der Waals surface area contributed by atoms with Crippen LogP contribution in [0.4, 0.5) is 0 Å². The number of methoxy groups -OCH3 is 1. The molecule has 11 rings (SSSR count). The first-order valence-corrected chi connectivity index (χ1v) is 28.3. The Morgan fingerprint density at radius 2 is 1.77 bits per heavy atom. The highest BCUT2D eigenvalue weighted by Crippen LogP contribution is 2.45. The van der Waals surface area contributed by atoms with Crippen LogP contribution in [0, 0.1) is 5.41 Å². The fourth-order valence-electron chi connectivity index (χ4n) is 12.4. The molecular formula is C56H76N8O8S. The number of benzene rings is 1. The van der Waals surface area contributed by atoms with Crippen LogP contribution < -0.4 is 10.7 Å². The van der Waals surface area contributed by atoms with Gasteiger partial charge in [-0.3, -0.25) is 29.3 Å². The number of thiazole rings is 1. The molecule has 2 amide bonds. The molecule has 6 atom stereocenters. The van der Waals surface area contributed by atoms with Gasteiger partial charge in [-0.15, -0.1) is 11.3 Å². The van der Waals surface area contributed by atoms with Crippen molar-refractivity contribution in [2.24, 2.45) is 5.41 Å². The summed E-state index contributed by atoms with van der Waals surface area (Å²) in [7, 11) is 1.75. The lowest BCUT2D eigenvalue weighted by Crippen LogP contribution is -2.63. The van der Waals surface area contributed by atoms with E-state index in [1.165, 1.54) is 34.8 Å². The molecule has 16 nitrogen and oxygen atoms in total. The number of amides is 2. The Morgan fingerprint density at radius 3 is 2.51 bits per heavy atom. The molecular weight excluding hydrogens is 945 g/mol. The summed E-state index contributed by atoms with van der Waals surface area (Å²) in [6.07, 6.45) is 12.1. The predicted molar refractivity (Wildman–Crippen MR) is 279 cm³/mol. The fourth-order valence-corrected chi connectivity index (χ4v) is 13.4. The summed E-state index contributed by atoms with van der Waals surface area (Å²) >= 11 is 1.52. The summed E-state index contributed by atoms with van der Waals surface area (Å²) in [6.45, 7) is 15.2. The molecule has 7 aliphatic rings. The van der Waals surface area contributed by atoms with Gasteiger partial charge in [-0.2, -0.15) is 0 Å². The Morgan fingerprint density at radius 1 is 0.986 bits per heavy atom. The largest absolute Gasteiger partial charge is 0.464 e. The molecule has 6 aliphatic heterocycles. The maximum atomic E-state index is 15.0. The number of piperidine rings is 1. The van der Waals surface area contributed by atoms with Crippen LogP contribution in [-0.2, 0) is 51.0 Å². The highest BCUT2D eigenvalue weighted by molar-refractivity contribution is 7.10. The van der Waals surface area contributed by atoms with Crippen LogP contribution in [0.3, 0.4) is 0 Å². The molecule has 5 saturated heterocycles. The number of esters is 1. The molecule has 1 aromatic carbocycles. The lowest BCUT2D eigenvalue weighted by Gasteiger charge is -2.40. The topological polar surface area (TPSA) is 162 Å². The number of cyclic esters (lactones) is 1. The molecule has 6 fully saturated rings. The third-order valence-corrected chi connectivity index (χ3v) is 17.6. The Kier molecular flexibility index (Phi) is 15.1. The molecule has 1 saturated carbocycles. The monoisotopic (exact) mass is 1020 g/mol. The molecule has 17 heteroatoms. The summed E-state index contributed by atoms with van der Waals surface area (Å²) in [5.74, 6) is -0.625. The molecule has 2 N–H and O–H groups in total. The normalized spacial score (nSPS) is 27.4. The minimum atomic E-state index is -0.989. The van der Waals surface area contributed by atoms with Crippen LogP contribution in [0.25, 0.3) is 33.4 Å². The van der Waals surface area contributed by atoms with Gasteiger partial charge < -0.3 is 38.5 Å². The van der Waals surface area contributed by atoms with E-state index in [2.05, 4.69) is 81.7 Å². The van der Waals surface area contributed by atoms with Gasteiger partial charge in [0.25, 0.3) is 5.91 Å². The number of hydrogen-bond acceptors (Lipinski definition) is 14. The predicted octanol–water partition coefficient (Wildman–Crippen LogP) is 7.49. The quantitative estimate of drug-likeness (QED) is 0.135. The second-order valence-corrected chi connectivity index (χ2v) is 23.6. The van der Waals surface area contributed by atoms with Gasteiger partial charge >= 0.3 is 5.97 Å². The first kappa shape index (κ1) is 50.8. The summed E-state index contributed by atoms with van der Waals surface area (Å²) in [4.78, 5) is 59.0. The van der Waals surface area contributed by atoms with Crippen LogP contribution in [0.2, 0.25) is 0 Å². The summed E-state index contributed by atoms with van der Waals surface area (Å²) in [5.41, 5.74) is 11.0. The lowest BCUT2D eigenvalue weighted by molar-refractivity contribution is -0.163. The van der Waals surface area contributed by atoms with Crippen LogP contribution in [0.15, 0.2) is 35.8 Å². The second-order valence-electron chi connectivity index (χ2n) is 22.7. The van der Waals surface area contributed by atoms with Crippen molar-refractivity contribution in [1.29, 1.82) is 0 Å². The van der Waals surface area contributed by atoms with Crippen molar-refractivity contribution in [1.82, 2.24) is 40.1 Å². The number of ether oxygens (including phenoxy) is 5. The Bertz CT molecular complexity index is 2620. The Hall–Kier alpha value is -4.33. The van der Waals surface area contributed by atoms with E-state index in [0.29, 0.717) is 64.5 Å². The summed E-state index contributed by atoms with van der Waals surface area (Å²) in [6, 6.07) is 7.56. The van der Waals surface area contributed by atoms with E-state index in [4.69, 9.17) is 33.7 Å². The van der Waals surface area contributed by atoms with Gasteiger partial charge in [-0.25, -0.2) is 10.4 Å². The Balaban J connectivity index is 1.06. The van der Waals surface area contributed by atoms with Crippen molar-refractivity contribution in [3.05, 3.63) is 57.7 Å². The summed E-state index contributed by atoms with van der Waals surface area (Å²) in [5, 5.41) is 8.64. The van der Waals surface area contributed by atoms with Crippen molar-refractivity contribution in [3.63, 3.8) is 0 Å². The lowest BCUT2D eigenvalue weighted by atomic mass is 9.83. The standard InChI is InChI=1S/C56H76N8O8S/c1-34-27-47(72-34)52(65)59-49-51(62-18-6-7-19-62)53-58-45(32-73-53)37-10-13-46-41(28-37)43(30-56(3,4)33-71-55(67)44-9-8-20-64(60-44)54(49)66)50(63(46)23-26-70-40-16-24-69-25-17-40)42-29-38(31-57-48(42)35(2)68-5)36-14-21-61(22-15-36)39-11-12-39/h10,13,28-29,31-32,34-36,39-40,44,47,49,51,60H,6-9,11-12,14-27,30,33H2,1-5H3,(H,59,65)/t34-,35+,44+,47?,49+,51+/m1/s1. The Labute approximate surface area is 434 Å². The van der Waals surface area contributed by atoms with E-state index in [9.17, 15) is 9.59 Å². The number of fused-ring (bicyclic) bond motifs is 6. The molecule has 73 heavy (non-hydrogen) atoms. The molecule has 3 aromatic heterocycles. The van der Waals surface area contributed by atoms with Gasteiger partial charge in [0.05, 0.1) is 54.6 Å². The number of likely N-dealkylation sites (tertiary alicyclic amines) is 2. The van der Waals surface area contributed by atoms with Crippen LogP contribution in [-0.4, -0.2) is 150 Å². The third kappa shape index (κ3) is 10.9. The maximum absolute atomic E-state index is 15.0. The molecule has 9 heterocycles. The van der Waals surface area contributed by atoms with E-state index in [1.54, 1.807) is 7.11 Å². The first-order chi connectivity index (χ1) is 35.4. The van der Waals surface area contributed by atoms with Crippen molar-refractivity contribution in [3.8, 4) is 22.5 Å². The minimum Gasteiger partial charge on any atom is -0.464 e.